The van der Waals surface area contributed by atoms with Gasteiger partial charge in [-0.15, -0.1) is 0 Å². The van der Waals surface area contributed by atoms with Gasteiger partial charge in [-0.2, -0.15) is 0 Å². The number of rotatable bonds is 5. The number of benzene rings is 1. The molecule has 1 rings (SSSR count). The van der Waals surface area contributed by atoms with Crippen LogP contribution in [0.3, 0.4) is 0 Å². The van der Waals surface area contributed by atoms with E-state index in [-0.39, 0.29) is 27.2 Å². The van der Waals surface area contributed by atoms with Gasteiger partial charge < -0.3 is 10.4 Å². The normalized spacial score (nSPS) is 10.6. The van der Waals surface area contributed by atoms with Gasteiger partial charge in [-0.25, -0.2) is 4.79 Å². The lowest BCUT2D eigenvalue weighted by Crippen LogP contribution is -2.13. The van der Waals surface area contributed by atoms with Gasteiger partial charge in [-0.1, -0.05) is 37.0 Å². The molecule has 0 aliphatic carbocycles. The lowest BCUT2D eigenvalue weighted by molar-refractivity contribution is -0.116. The van der Waals surface area contributed by atoms with Crippen LogP contribution in [0, 0.1) is 5.92 Å². The molecular weight excluding hydrogens is 289 g/mol. The van der Waals surface area contributed by atoms with Crippen molar-refractivity contribution in [1.82, 2.24) is 0 Å². The third-order valence-corrected chi connectivity index (χ3v) is 3.14. The molecule has 2 N–H and O–H groups in total. The highest BCUT2D eigenvalue weighted by molar-refractivity contribution is 6.38. The molecule has 1 aromatic carbocycles. The molecule has 19 heavy (non-hydrogen) atoms. The summed E-state index contributed by atoms with van der Waals surface area (Å²) in [7, 11) is 0. The van der Waals surface area contributed by atoms with E-state index in [9.17, 15) is 9.59 Å². The van der Waals surface area contributed by atoms with Gasteiger partial charge in [0, 0.05) is 6.42 Å². The van der Waals surface area contributed by atoms with E-state index in [1.807, 2.05) is 13.8 Å². The Hall–Kier alpha value is -1.26. The number of carbonyl (C=O) groups excluding carboxylic acids is 1. The van der Waals surface area contributed by atoms with Crippen LogP contribution in [0.1, 0.15) is 37.0 Å². The van der Waals surface area contributed by atoms with Crippen molar-refractivity contribution in [2.45, 2.75) is 26.7 Å². The molecule has 0 spiro atoms. The first kappa shape index (κ1) is 15.8. The van der Waals surface area contributed by atoms with Gasteiger partial charge in [0.05, 0.1) is 21.3 Å². The van der Waals surface area contributed by atoms with Gasteiger partial charge in [-0.05, 0) is 24.5 Å². The molecule has 4 nitrogen and oxygen atoms in total. The van der Waals surface area contributed by atoms with Crippen molar-refractivity contribution in [2.75, 3.05) is 5.32 Å². The summed E-state index contributed by atoms with van der Waals surface area (Å²) in [6.45, 7) is 4.04. The number of carboxylic acid groups (broad SMARTS) is 1. The number of hydrogen-bond acceptors (Lipinski definition) is 2. The minimum atomic E-state index is -1.17. The maximum atomic E-state index is 11.7. The molecule has 104 valence electrons. The Kier molecular flexibility index (Phi) is 5.63. The van der Waals surface area contributed by atoms with Crippen LogP contribution in [-0.2, 0) is 4.79 Å². The number of nitrogens with one attached hydrogen (secondary N) is 1. The fourth-order valence-electron chi connectivity index (χ4n) is 1.44. The smallest absolute Gasteiger partial charge is 0.337 e. The summed E-state index contributed by atoms with van der Waals surface area (Å²) >= 11 is 11.7. The van der Waals surface area contributed by atoms with E-state index in [0.29, 0.717) is 12.3 Å². The number of amides is 1. The van der Waals surface area contributed by atoms with Gasteiger partial charge in [0.1, 0.15) is 0 Å². The zero-order valence-corrected chi connectivity index (χ0v) is 12.2. The highest BCUT2D eigenvalue weighted by atomic mass is 35.5. The number of anilines is 1. The molecule has 0 fully saturated rings. The average Bonchev–Trinajstić information content (AvgIpc) is 2.29. The van der Waals surface area contributed by atoms with E-state index >= 15 is 0 Å². The summed E-state index contributed by atoms with van der Waals surface area (Å²) in [6, 6.07) is 2.57. The fourth-order valence-corrected chi connectivity index (χ4v) is 1.95. The summed E-state index contributed by atoms with van der Waals surface area (Å²) in [6.07, 6.45) is 1.11. The second-order valence-corrected chi connectivity index (χ2v) is 5.41. The van der Waals surface area contributed by atoms with Crippen molar-refractivity contribution in [1.29, 1.82) is 0 Å². The Morgan fingerprint density at radius 1 is 1.26 bits per heavy atom. The predicted molar refractivity (Wildman–Crippen MR) is 76.1 cm³/mol. The zero-order valence-electron chi connectivity index (χ0n) is 10.7. The van der Waals surface area contributed by atoms with Crippen molar-refractivity contribution >= 4 is 40.8 Å². The first-order valence-corrected chi connectivity index (χ1v) is 6.59. The van der Waals surface area contributed by atoms with Gasteiger partial charge in [0.15, 0.2) is 0 Å². The molecule has 0 radical (unpaired) electrons. The van der Waals surface area contributed by atoms with Crippen molar-refractivity contribution < 1.29 is 14.7 Å². The first-order chi connectivity index (χ1) is 8.81. The Morgan fingerprint density at radius 3 is 2.42 bits per heavy atom. The number of carbonyl (C=O) groups is 2. The Labute approximate surface area is 121 Å². The predicted octanol–water partition coefficient (Wildman–Crippen LogP) is 4.07. The number of aromatic carboxylic acids is 1. The topological polar surface area (TPSA) is 66.4 Å². The van der Waals surface area contributed by atoms with E-state index in [4.69, 9.17) is 28.3 Å². The van der Waals surface area contributed by atoms with Crippen LogP contribution in [0.25, 0.3) is 0 Å². The van der Waals surface area contributed by atoms with Crippen LogP contribution in [0.4, 0.5) is 5.69 Å². The molecule has 0 aromatic heterocycles. The van der Waals surface area contributed by atoms with E-state index < -0.39 is 5.97 Å². The first-order valence-electron chi connectivity index (χ1n) is 5.83. The summed E-state index contributed by atoms with van der Waals surface area (Å²) in [5.41, 5.74) is 0.169. The number of halogens is 2. The van der Waals surface area contributed by atoms with Crippen LogP contribution in [-0.4, -0.2) is 17.0 Å². The van der Waals surface area contributed by atoms with Gasteiger partial charge in [0.25, 0.3) is 0 Å². The summed E-state index contributed by atoms with van der Waals surface area (Å²) in [4.78, 5) is 22.6. The number of carboxylic acids is 1. The van der Waals surface area contributed by atoms with Crippen molar-refractivity contribution in [3.8, 4) is 0 Å². The lowest BCUT2D eigenvalue weighted by Gasteiger charge is -2.10. The average molecular weight is 304 g/mol. The van der Waals surface area contributed by atoms with Crippen LogP contribution in [0.5, 0.6) is 0 Å². The fraction of sp³-hybridized carbons (Fsp3) is 0.385. The summed E-state index contributed by atoms with van der Waals surface area (Å²) in [5, 5.41) is 11.8. The van der Waals surface area contributed by atoms with Gasteiger partial charge in [0.2, 0.25) is 5.91 Å². The molecule has 0 atom stereocenters. The largest absolute Gasteiger partial charge is 0.478 e. The van der Waals surface area contributed by atoms with E-state index in [1.165, 1.54) is 12.1 Å². The van der Waals surface area contributed by atoms with Crippen LogP contribution in [0.15, 0.2) is 12.1 Å². The highest BCUT2D eigenvalue weighted by Gasteiger charge is 2.14. The minimum Gasteiger partial charge on any atom is -0.478 e. The Morgan fingerprint density at radius 2 is 1.89 bits per heavy atom. The van der Waals surface area contributed by atoms with Crippen molar-refractivity contribution in [3.63, 3.8) is 0 Å². The summed E-state index contributed by atoms with van der Waals surface area (Å²) in [5.74, 6) is -0.949. The van der Waals surface area contributed by atoms with E-state index in [2.05, 4.69) is 5.32 Å². The van der Waals surface area contributed by atoms with Gasteiger partial charge >= 0.3 is 5.97 Å². The highest BCUT2D eigenvalue weighted by Crippen LogP contribution is 2.29. The minimum absolute atomic E-state index is 0.0395. The third-order valence-electron chi connectivity index (χ3n) is 2.51. The van der Waals surface area contributed by atoms with Crippen LogP contribution in [0.2, 0.25) is 10.0 Å². The molecule has 0 saturated carbocycles. The molecule has 0 aliphatic heterocycles. The van der Waals surface area contributed by atoms with Crippen LogP contribution >= 0.6 is 23.2 Å². The monoisotopic (exact) mass is 303 g/mol. The van der Waals surface area contributed by atoms with Crippen LogP contribution < -0.4 is 5.32 Å². The van der Waals surface area contributed by atoms with Gasteiger partial charge in [-0.3, -0.25) is 4.79 Å². The third kappa shape index (κ3) is 4.73. The lowest BCUT2D eigenvalue weighted by atomic mass is 10.1. The maximum absolute atomic E-state index is 11.7. The molecule has 1 amide bonds. The maximum Gasteiger partial charge on any atom is 0.337 e. The molecule has 6 heteroatoms. The SMILES string of the molecule is CC(C)CCC(=O)Nc1cc(C(=O)O)c(Cl)cc1Cl. The molecule has 0 unspecified atom stereocenters. The summed E-state index contributed by atoms with van der Waals surface area (Å²) < 4.78 is 0. The molecular formula is C13H15Cl2NO3. The molecule has 1 aromatic rings. The Balaban J connectivity index is 2.86. The quantitative estimate of drug-likeness (QED) is 0.862. The second-order valence-electron chi connectivity index (χ2n) is 4.60. The van der Waals surface area contributed by atoms with E-state index in [0.717, 1.165) is 6.42 Å². The van der Waals surface area contributed by atoms with Crippen molar-refractivity contribution in [2.24, 2.45) is 5.92 Å². The van der Waals surface area contributed by atoms with E-state index in [1.54, 1.807) is 0 Å². The standard InChI is InChI=1S/C13H15Cl2NO3/c1-7(2)3-4-12(17)16-11-5-8(13(18)19)9(14)6-10(11)15/h5-7H,3-4H2,1-2H3,(H,16,17)(H,18,19). The Bertz CT molecular complexity index is 501. The molecule has 0 aliphatic rings. The number of hydrogen-bond donors (Lipinski definition) is 2. The molecule has 0 saturated heterocycles. The zero-order chi connectivity index (χ0) is 14.6. The molecule has 0 heterocycles. The van der Waals surface area contributed by atoms with Crippen molar-refractivity contribution in [3.05, 3.63) is 27.7 Å². The second kappa shape index (κ2) is 6.78. The molecule has 0 bridgehead atoms.